The summed E-state index contributed by atoms with van der Waals surface area (Å²) in [5.41, 5.74) is 0.620. The molecule has 0 bridgehead atoms. The second kappa shape index (κ2) is 6.05. The maximum atomic E-state index is 11.8. The van der Waals surface area contributed by atoms with Crippen LogP contribution in [0.1, 0.15) is 6.42 Å². The van der Waals surface area contributed by atoms with E-state index in [2.05, 4.69) is 5.32 Å². The smallest absolute Gasteiger partial charge is 0.322 e. The molecule has 0 unspecified atom stereocenters. The van der Waals surface area contributed by atoms with Gasteiger partial charge in [0, 0.05) is 13.0 Å². The Kier molecular flexibility index (Phi) is 4.19. The highest BCUT2D eigenvalue weighted by Gasteiger charge is 2.25. The van der Waals surface area contributed by atoms with Crippen molar-refractivity contribution in [1.29, 1.82) is 0 Å². The highest BCUT2D eigenvalue weighted by atomic mass is 16.5. The van der Waals surface area contributed by atoms with Crippen molar-refractivity contribution >= 4 is 23.5 Å². The minimum atomic E-state index is -1.11. The second-order valence-corrected chi connectivity index (χ2v) is 4.22. The Hall–Kier alpha value is -2.57. The van der Waals surface area contributed by atoms with Crippen molar-refractivity contribution < 1.29 is 24.2 Å². The summed E-state index contributed by atoms with van der Waals surface area (Å²) in [5, 5.41) is 10.7. The predicted octanol–water partition coefficient (Wildman–Crippen LogP) is 0.00290. The molecule has 0 atom stereocenters. The normalized spacial score (nSPS) is 13.4. The first kappa shape index (κ1) is 13.9. The molecule has 1 aliphatic rings. The summed E-state index contributed by atoms with van der Waals surface area (Å²) in [4.78, 5) is 35.1. The number of carboxylic acids is 1. The molecule has 0 aromatic heterocycles. The molecule has 2 N–H and O–H groups in total. The molecule has 20 heavy (non-hydrogen) atoms. The molecule has 0 fully saturated rings. The average Bonchev–Trinajstić information content (AvgIpc) is 2.44. The standard InChI is InChI=1S/C13H14N2O5/c16-11(14-7-13(18)19)5-6-15-9-3-1-2-4-10(9)20-8-12(15)17/h1-4H,5-8H2,(H,14,16)(H,18,19). The number of ether oxygens (including phenoxy) is 1. The molecule has 7 heteroatoms. The second-order valence-electron chi connectivity index (χ2n) is 4.22. The van der Waals surface area contributed by atoms with Gasteiger partial charge in [0.25, 0.3) is 5.91 Å². The fourth-order valence-electron chi connectivity index (χ4n) is 1.88. The molecular formula is C13H14N2O5. The number of carbonyl (C=O) groups excluding carboxylic acids is 2. The number of aliphatic carboxylic acids is 1. The van der Waals surface area contributed by atoms with Gasteiger partial charge in [-0.25, -0.2) is 0 Å². The van der Waals surface area contributed by atoms with Gasteiger partial charge in [-0.2, -0.15) is 0 Å². The first-order valence-electron chi connectivity index (χ1n) is 6.08. The number of fused-ring (bicyclic) bond motifs is 1. The zero-order valence-electron chi connectivity index (χ0n) is 10.7. The number of benzene rings is 1. The Bertz CT molecular complexity index is 543. The van der Waals surface area contributed by atoms with E-state index in [1.807, 2.05) is 0 Å². The van der Waals surface area contributed by atoms with Gasteiger partial charge in [0.05, 0.1) is 5.69 Å². The summed E-state index contributed by atoms with van der Waals surface area (Å²) in [5.74, 6) is -1.15. The first-order valence-corrected chi connectivity index (χ1v) is 6.08. The number of nitrogens with zero attached hydrogens (tertiary/aromatic N) is 1. The zero-order chi connectivity index (χ0) is 14.5. The van der Waals surface area contributed by atoms with Crippen molar-refractivity contribution in [2.75, 3.05) is 24.6 Å². The number of carboxylic acid groups (broad SMARTS) is 1. The minimum Gasteiger partial charge on any atom is -0.482 e. The monoisotopic (exact) mass is 278 g/mol. The Morgan fingerprint density at radius 2 is 2.10 bits per heavy atom. The third kappa shape index (κ3) is 3.25. The van der Waals surface area contributed by atoms with Crippen molar-refractivity contribution in [3.63, 3.8) is 0 Å². The lowest BCUT2D eigenvalue weighted by Gasteiger charge is -2.29. The van der Waals surface area contributed by atoms with Gasteiger partial charge in [-0.05, 0) is 12.1 Å². The number of nitrogens with one attached hydrogen (secondary N) is 1. The molecule has 0 aliphatic carbocycles. The van der Waals surface area contributed by atoms with Crippen LogP contribution in [0.5, 0.6) is 5.75 Å². The van der Waals surface area contributed by atoms with Crippen molar-refractivity contribution in [1.82, 2.24) is 5.32 Å². The predicted molar refractivity (Wildman–Crippen MR) is 69.6 cm³/mol. The summed E-state index contributed by atoms with van der Waals surface area (Å²) in [7, 11) is 0. The number of carbonyl (C=O) groups is 3. The van der Waals surface area contributed by atoms with E-state index in [9.17, 15) is 14.4 Å². The number of para-hydroxylation sites is 2. The van der Waals surface area contributed by atoms with Gasteiger partial charge in [-0.15, -0.1) is 0 Å². The maximum Gasteiger partial charge on any atom is 0.322 e. The van der Waals surface area contributed by atoms with Crippen LogP contribution in [-0.2, 0) is 14.4 Å². The Balaban J connectivity index is 1.97. The van der Waals surface area contributed by atoms with E-state index in [4.69, 9.17) is 9.84 Å². The topological polar surface area (TPSA) is 95.9 Å². The van der Waals surface area contributed by atoms with Crippen molar-refractivity contribution in [3.8, 4) is 5.75 Å². The Morgan fingerprint density at radius 3 is 2.85 bits per heavy atom. The van der Waals surface area contributed by atoms with Crippen molar-refractivity contribution in [3.05, 3.63) is 24.3 Å². The summed E-state index contributed by atoms with van der Waals surface area (Å²) >= 11 is 0. The van der Waals surface area contributed by atoms with Crippen LogP contribution < -0.4 is 15.0 Å². The lowest BCUT2D eigenvalue weighted by Crippen LogP contribution is -2.41. The molecule has 0 saturated carbocycles. The van der Waals surface area contributed by atoms with E-state index in [0.717, 1.165) is 0 Å². The van der Waals surface area contributed by atoms with Crippen LogP contribution in [0.2, 0.25) is 0 Å². The third-order valence-electron chi connectivity index (χ3n) is 2.81. The van der Waals surface area contributed by atoms with Crippen LogP contribution in [0.3, 0.4) is 0 Å². The third-order valence-corrected chi connectivity index (χ3v) is 2.81. The quantitative estimate of drug-likeness (QED) is 0.790. The van der Waals surface area contributed by atoms with E-state index < -0.39 is 18.4 Å². The Morgan fingerprint density at radius 1 is 1.35 bits per heavy atom. The van der Waals surface area contributed by atoms with Crippen LogP contribution in [0.4, 0.5) is 5.69 Å². The highest BCUT2D eigenvalue weighted by molar-refractivity contribution is 5.98. The molecule has 2 amide bonds. The van der Waals surface area contributed by atoms with Gasteiger partial charge in [-0.3, -0.25) is 14.4 Å². The number of rotatable bonds is 5. The zero-order valence-corrected chi connectivity index (χ0v) is 10.7. The largest absolute Gasteiger partial charge is 0.482 e. The van der Waals surface area contributed by atoms with Crippen LogP contribution in [0.15, 0.2) is 24.3 Å². The van der Waals surface area contributed by atoms with Gasteiger partial charge < -0.3 is 20.1 Å². The molecule has 0 saturated heterocycles. The molecule has 7 nitrogen and oxygen atoms in total. The molecule has 1 aliphatic heterocycles. The van der Waals surface area contributed by atoms with E-state index in [1.54, 1.807) is 24.3 Å². The van der Waals surface area contributed by atoms with Crippen molar-refractivity contribution in [2.45, 2.75) is 6.42 Å². The molecular weight excluding hydrogens is 264 g/mol. The fourth-order valence-corrected chi connectivity index (χ4v) is 1.88. The van der Waals surface area contributed by atoms with Gasteiger partial charge >= 0.3 is 5.97 Å². The van der Waals surface area contributed by atoms with Crippen LogP contribution in [-0.4, -0.2) is 42.6 Å². The van der Waals surface area contributed by atoms with Crippen LogP contribution in [0, 0.1) is 0 Å². The maximum absolute atomic E-state index is 11.8. The first-order chi connectivity index (χ1) is 9.58. The number of hydrogen-bond acceptors (Lipinski definition) is 4. The molecule has 106 valence electrons. The van der Waals surface area contributed by atoms with Crippen molar-refractivity contribution in [2.24, 2.45) is 0 Å². The number of anilines is 1. The molecule has 0 spiro atoms. The number of hydrogen-bond donors (Lipinski definition) is 2. The molecule has 1 aromatic carbocycles. The fraction of sp³-hybridized carbons (Fsp3) is 0.308. The minimum absolute atomic E-state index is 0.0351. The lowest BCUT2D eigenvalue weighted by molar-refractivity contribution is -0.138. The van der Waals surface area contributed by atoms with E-state index in [1.165, 1.54) is 4.90 Å². The average molecular weight is 278 g/mol. The SMILES string of the molecule is O=C(O)CNC(=O)CCN1C(=O)COc2ccccc21. The van der Waals surface area contributed by atoms with Gasteiger partial charge in [0.15, 0.2) is 6.61 Å². The van der Waals surface area contributed by atoms with E-state index in [-0.39, 0.29) is 25.5 Å². The molecule has 0 radical (unpaired) electrons. The lowest BCUT2D eigenvalue weighted by atomic mass is 10.2. The van der Waals surface area contributed by atoms with E-state index >= 15 is 0 Å². The van der Waals surface area contributed by atoms with E-state index in [0.29, 0.717) is 11.4 Å². The Labute approximate surface area is 115 Å². The highest BCUT2D eigenvalue weighted by Crippen LogP contribution is 2.31. The molecule has 2 rings (SSSR count). The molecule has 1 aromatic rings. The van der Waals surface area contributed by atoms with Gasteiger partial charge in [-0.1, -0.05) is 12.1 Å². The van der Waals surface area contributed by atoms with Gasteiger partial charge in [0.1, 0.15) is 12.3 Å². The number of amides is 2. The summed E-state index contributed by atoms with van der Waals surface area (Å²) in [6, 6.07) is 7.06. The van der Waals surface area contributed by atoms with Crippen LogP contribution in [0.25, 0.3) is 0 Å². The summed E-state index contributed by atoms with van der Waals surface area (Å²) in [6.07, 6.45) is 0.0351. The summed E-state index contributed by atoms with van der Waals surface area (Å²) in [6.45, 7) is -0.301. The molecule has 1 heterocycles. The summed E-state index contributed by atoms with van der Waals surface area (Å²) < 4.78 is 5.28. The van der Waals surface area contributed by atoms with Crippen LogP contribution >= 0.6 is 0 Å². The van der Waals surface area contributed by atoms with Gasteiger partial charge in [0.2, 0.25) is 5.91 Å².